The summed E-state index contributed by atoms with van der Waals surface area (Å²) >= 11 is 7.74. The van der Waals surface area contributed by atoms with Crippen LogP contribution in [0.25, 0.3) is 20.8 Å². The van der Waals surface area contributed by atoms with Crippen LogP contribution in [0.3, 0.4) is 0 Å². The van der Waals surface area contributed by atoms with Crippen molar-refractivity contribution >= 4 is 50.4 Å². The van der Waals surface area contributed by atoms with Crippen LogP contribution in [-0.4, -0.2) is 10.9 Å². The van der Waals surface area contributed by atoms with Gasteiger partial charge in [-0.25, -0.2) is 4.98 Å². The Kier molecular flexibility index (Phi) is 6.22. The van der Waals surface area contributed by atoms with Crippen molar-refractivity contribution in [2.24, 2.45) is 0 Å². The number of aromatic nitrogens is 1. The molecule has 0 fully saturated rings. The van der Waals surface area contributed by atoms with Crippen molar-refractivity contribution in [1.29, 1.82) is 5.26 Å². The van der Waals surface area contributed by atoms with E-state index >= 15 is 0 Å². The van der Waals surface area contributed by atoms with Crippen molar-refractivity contribution < 1.29 is 4.79 Å². The maximum absolute atomic E-state index is 12.4. The molecule has 0 aliphatic carbocycles. The predicted molar refractivity (Wildman–Crippen MR) is 132 cm³/mol. The zero-order valence-corrected chi connectivity index (χ0v) is 19.0. The van der Waals surface area contributed by atoms with E-state index < -0.39 is 5.91 Å². The lowest BCUT2D eigenvalue weighted by molar-refractivity contribution is -0.112. The molecule has 7 heteroatoms. The first-order chi connectivity index (χ1) is 15.4. The minimum Gasteiger partial charge on any atom is -0.360 e. The van der Waals surface area contributed by atoms with Crippen LogP contribution >= 0.6 is 22.9 Å². The van der Waals surface area contributed by atoms with Crippen LogP contribution in [-0.2, 0) is 4.79 Å². The van der Waals surface area contributed by atoms with E-state index in [1.807, 2.05) is 43.3 Å². The van der Waals surface area contributed by atoms with Gasteiger partial charge in [0.15, 0.2) is 0 Å². The molecule has 0 saturated carbocycles. The number of thiazole rings is 1. The summed E-state index contributed by atoms with van der Waals surface area (Å²) in [7, 11) is 0. The Morgan fingerprint density at radius 1 is 1.06 bits per heavy atom. The molecule has 4 aromatic rings. The second-order valence-electron chi connectivity index (χ2n) is 7.30. The first kappa shape index (κ1) is 21.6. The van der Waals surface area contributed by atoms with Gasteiger partial charge < -0.3 is 10.6 Å². The molecule has 0 atom stereocenters. The zero-order valence-electron chi connectivity index (χ0n) is 17.4. The highest BCUT2D eigenvalue weighted by Crippen LogP contribution is 2.31. The average Bonchev–Trinajstić information content (AvgIpc) is 3.20. The fourth-order valence-electron chi connectivity index (χ4n) is 3.04. The number of hydrogen-bond donors (Lipinski definition) is 2. The van der Waals surface area contributed by atoms with E-state index in [9.17, 15) is 10.1 Å². The van der Waals surface area contributed by atoms with Crippen LogP contribution in [0.1, 0.15) is 11.1 Å². The van der Waals surface area contributed by atoms with Crippen LogP contribution in [0.4, 0.5) is 11.4 Å². The molecular weight excluding hydrogens is 440 g/mol. The van der Waals surface area contributed by atoms with Crippen molar-refractivity contribution in [3.63, 3.8) is 0 Å². The summed E-state index contributed by atoms with van der Waals surface area (Å²) in [5.74, 6) is -0.513. The highest BCUT2D eigenvalue weighted by molar-refractivity contribution is 7.21. The highest BCUT2D eigenvalue weighted by Gasteiger charge is 2.11. The first-order valence-electron chi connectivity index (χ1n) is 9.85. The summed E-state index contributed by atoms with van der Waals surface area (Å²) in [6.45, 7) is 3.94. The Hall–Kier alpha value is -3.66. The summed E-state index contributed by atoms with van der Waals surface area (Å²) in [4.78, 5) is 17.1. The van der Waals surface area contributed by atoms with Crippen molar-refractivity contribution in [1.82, 2.24) is 4.98 Å². The van der Waals surface area contributed by atoms with E-state index in [2.05, 4.69) is 29.7 Å². The number of carbonyl (C=O) groups is 1. The number of fused-ring (bicyclic) bond motifs is 1. The number of rotatable bonds is 5. The number of nitrogens with zero attached hydrogens (tertiary/aromatic N) is 2. The van der Waals surface area contributed by atoms with E-state index in [1.165, 1.54) is 11.8 Å². The van der Waals surface area contributed by atoms with Gasteiger partial charge in [0.1, 0.15) is 16.6 Å². The molecule has 0 aliphatic rings. The number of benzene rings is 3. The molecule has 0 radical (unpaired) electrons. The van der Waals surface area contributed by atoms with Crippen molar-refractivity contribution in [2.45, 2.75) is 13.8 Å². The summed E-state index contributed by atoms with van der Waals surface area (Å²) in [5, 5.41) is 16.6. The number of aryl methyl sites for hydroxylation is 2. The largest absolute Gasteiger partial charge is 0.360 e. The van der Waals surface area contributed by atoms with Crippen LogP contribution in [0.5, 0.6) is 0 Å². The molecule has 0 aliphatic heterocycles. The van der Waals surface area contributed by atoms with Gasteiger partial charge in [-0.1, -0.05) is 23.7 Å². The first-order valence-corrected chi connectivity index (χ1v) is 11.0. The predicted octanol–water partition coefficient (Wildman–Crippen LogP) is 6.69. The van der Waals surface area contributed by atoms with Gasteiger partial charge in [0.2, 0.25) is 0 Å². The third-order valence-corrected chi connectivity index (χ3v) is 6.33. The molecule has 0 spiro atoms. The third kappa shape index (κ3) is 4.80. The van der Waals surface area contributed by atoms with Gasteiger partial charge in [0.05, 0.1) is 10.2 Å². The molecule has 1 heterocycles. The van der Waals surface area contributed by atoms with Gasteiger partial charge >= 0.3 is 0 Å². The Balaban J connectivity index is 1.46. The lowest BCUT2D eigenvalue weighted by atomic mass is 10.2. The summed E-state index contributed by atoms with van der Waals surface area (Å²) < 4.78 is 1.16. The van der Waals surface area contributed by atoms with Gasteiger partial charge in [-0.3, -0.25) is 4.79 Å². The monoisotopic (exact) mass is 458 g/mol. The Labute approximate surface area is 195 Å². The third-order valence-electron chi connectivity index (χ3n) is 4.85. The maximum Gasteiger partial charge on any atom is 0.267 e. The van der Waals surface area contributed by atoms with E-state index in [1.54, 1.807) is 29.5 Å². The Morgan fingerprint density at radius 2 is 1.81 bits per heavy atom. The molecule has 1 amide bonds. The van der Waals surface area contributed by atoms with Gasteiger partial charge in [-0.05, 0) is 73.5 Å². The Morgan fingerprint density at radius 3 is 2.53 bits per heavy atom. The zero-order chi connectivity index (χ0) is 22.7. The molecule has 158 valence electrons. The molecule has 5 nitrogen and oxygen atoms in total. The van der Waals surface area contributed by atoms with Crippen molar-refractivity contribution in [3.8, 4) is 16.6 Å². The van der Waals surface area contributed by atoms with Crippen LogP contribution in [0.2, 0.25) is 5.02 Å². The lowest BCUT2D eigenvalue weighted by Gasteiger charge is -2.07. The number of nitriles is 1. The number of carbonyl (C=O) groups excluding carboxylic acids is 1. The van der Waals surface area contributed by atoms with Gasteiger partial charge in [-0.2, -0.15) is 5.26 Å². The fraction of sp³-hybridized carbons (Fsp3) is 0.0800. The van der Waals surface area contributed by atoms with Crippen molar-refractivity contribution in [2.75, 3.05) is 10.6 Å². The quantitative estimate of drug-likeness (QED) is 0.258. The SMILES string of the molecule is Cc1ccc2nc(-c3ccc(N/C=C(/C#N)C(=O)Nc4ccc(C)c(Cl)c4)cc3)sc2c1. The van der Waals surface area contributed by atoms with Crippen LogP contribution < -0.4 is 10.6 Å². The molecule has 1 aromatic heterocycles. The fourth-order valence-corrected chi connectivity index (χ4v) is 4.29. The average molecular weight is 459 g/mol. The second kappa shape index (κ2) is 9.23. The number of nitrogens with one attached hydrogen (secondary N) is 2. The molecule has 0 saturated heterocycles. The number of amides is 1. The van der Waals surface area contributed by atoms with E-state index in [0.29, 0.717) is 10.7 Å². The van der Waals surface area contributed by atoms with E-state index in [-0.39, 0.29) is 5.57 Å². The summed E-state index contributed by atoms with van der Waals surface area (Å²) in [6.07, 6.45) is 1.39. The van der Waals surface area contributed by atoms with E-state index in [0.717, 1.165) is 32.0 Å². The Bertz CT molecular complexity index is 1380. The molecule has 32 heavy (non-hydrogen) atoms. The standard InChI is InChI=1S/C25H19ClN4OS/c1-15-3-10-22-23(11-15)32-25(30-22)17-5-8-19(9-6-17)28-14-18(13-27)24(31)29-20-7-4-16(2)21(26)12-20/h3-12,14,28H,1-2H3,(H,29,31)/b18-14-. The molecule has 0 unspecified atom stereocenters. The summed E-state index contributed by atoms with van der Waals surface area (Å²) in [6, 6.07) is 21.0. The smallest absolute Gasteiger partial charge is 0.267 e. The van der Waals surface area contributed by atoms with Gasteiger partial charge in [0, 0.05) is 28.2 Å². The lowest BCUT2D eigenvalue weighted by Crippen LogP contribution is -2.14. The maximum atomic E-state index is 12.4. The van der Waals surface area contributed by atoms with Crippen LogP contribution in [0.15, 0.2) is 72.4 Å². The minimum absolute atomic E-state index is 0.0488. The second-order valence-corrected chi connectivity index (χ2v) is 8.74. The minimum atomic E-state index is -0.513. The highest BCUT2D eigenvalue weighted by atomic mass is 35.5. The number of halogens is 1. The molecule has 2 N–H and O–H groups in total. The topological polar surface area (TPSA) is 77.8 Å². The number of anilines is 2. The molecular formula is C25H19ClN4OS. The molecule has 4 rings (SSSR count). The molecule has 0 bridgehead atoms. The van der Waals surface area contributed by atoms with Gasteiger partial charge in [0.25, 0.3) is 5.91 Å². The summed E-state index contributed by atoms with van der Waals surface area (Å²) in [5.41, 5.74) is 5.35. The van der Waals surface area contributed by atoms with Gasteiger partial charge in [-0.15, -0.1) is 11.3 Å². The normalized spacial score (nSPS) is 11.2. The number of hydrogen-bond acceptors (Lipinski definition) is 5. The molecule has 3 aromatic carbocycles. The van der Waals surface area contributed by atoms with Crippen molar-refractivity contribution in [3.05, 3.63) is 88.6 Å². The van der Waals surface area contributed by atoms with Crippen LogP contribution in [0, 0.1) is 25.2 Å². The van der Waals surface area contributed by atoms with E-state index in [4.69, 9.17) is 16.6 Å².